The zero-order valence-corrected chi connectivity index (χ0v) is 20.3. The number of likely N-dealkylation sites (tertiary alicyclic amines) is 2. The van der Waals surface area contributed by atoms with Crippen LogP contribution in [0.5, 0.6) is 0 Å². The van der Waals surface area contributed by atoms with Gasteiger partial charge in [-0.25, -0.2) is 0 Å². The molecule has 4 nitrogen and oxygen atoms in total. The quantitative estimate of drug-likeness (QED) is 0.556. The van der Waals surface area contributed by atoms with Gasteiger partial charge in [-0.3, -0.25) is 9.59 Å². The van der Waals surface area contributed by atoms with Gasteiger partial charge in [0.05, 0.1) is 0 Å². The summed E-state index contributed by atoms with van der Waals surface area (Å²) < 4.78 is 0. The first-order valence-electron chi connectivity index (χ1n) is 12.7. The third-order valence-electron chi connectivity index (χ3n) is 7.56. The Bertz CT molecular complexity index is 876. The van der Waals surface area contributed by atoms with Gasteiger partial charge in [-0.2, -0.15) is 0 Å². The highest BCUT2D eigenvalue weighted by atomic mass is 16.2. The van der Waals surface area contributed by atoms with Gasteiger partial charge in [-0.05, 0) is 75.6 Å². The monoisotopic (exact) mass is 446 g/mol. The molecule has 0 saturated carbocycles. The summed E-state index contributed by atoms with van der Waals surface area (Å²) in [5, 5.41) is 0. The fourth-order valence-corrected chi connectivity index (χ4v) is 5.47. The third-order valence-corrected chi connectivity index (χ3v) is 7.56. The molecule has 0 aromatic heterocycles. The number of rotatable bonds is 6. The molecule has 2 amide bonds. The summed E-state index contributed by atoms with van der Waals surface area (Å²) in [5.41, 5.74) is 3.92. The van der Waals surface area contributed by atoms with Crippen molar-refractivity contribution in [2.24, 2.45) is 11.8 Å². The van der Waals surface area contributed by atoms with Crippen molar-refractivity contribution in [3.63, 3.8) is 0 Å². The second-order valence-corrected chi connectivity index (χ2v) is 10.1. The summed E-state index contributed by atoms with van der Waals surface area (Å²) in [6.07, 6.45) is 8.32. The van der Waals surface area contributed by atoms with E-state index in [4.69, 9.17) is 0 Å². The summed E-state index contributed by atoms with van der Waals surface area (Å²) in [6, 6.07) is 15.9. The van der Waals surface area contributed by atoms with Gasteiger partial charge in [0.15, 0.2) is 0 Å². The largest absolute Gasteiger partial charge is 0.339 e. The molecule has 0 radical (unpaired) electrons. The van der Waals surface area contributed by atoms with Gasteiger partial charge in [0.1, 0.15) is 0 Å². The number of nitrogens with zero attached hydrogens (tertiary/aromatic N) is 2. The van der Waals surface area contributed by atoms with Gasteiger partial charge < -0.3 is 9.80 Å². The van der Waals surface area contributed by atoms with Crippen LogP contribution in [0, 0.1) is 25.7 Å². The van der Waals surface area contributed by atoms with E-state index >= 15 is 0 Å². The molecule has 4 heteroatoms. The number of aryl methyl sites for hydroxylation is 2. The van der Waals surface area contributed by atoms with E-state index in [-0.39, 0.29) is 11.8 Å². The highest BCUT2D eigenvalue weighted by molar-refractivity contribution is 5.95. The molecule has 2 aromatic rings. The Balaban J connectivity index is 1.14. The van der Waals surface area contributed by atoms with Gasteiger partial charge in [0.25, 0.3) is 11.8 Å². The maximum absolute atomic E-state index is 12.8. The maximum Gasteiger partial charge on any atom is 0.253 e. The maximum atomic E-state index is 12.8. The van der Waals surface area contributed by atoms with E-state index in [9.17, 15) is 9.59 Å². The number of benzene rings is 2. The standard InChI is InChI=1S/C29H38N2O2/c1-22-6-3-10-26(20-22)28(32)30-16-12-24(13-17-30)8-5-9-25-14-18-31(19-15-25)29(33)27-11-4-7-23(2)21-27/h3-4,6-7,10-11,20-21,24-25H,5,8-9,12-19H2,1-2H3. The van der Waals surface area contributed by atoms with E-state index in [0.717, 1.165) is 86.0 Å². The molecule has 0 aliphatic carbocycles. The van der Waals surface area contributed by atoms with E-state index in [1.54, 1.807) is 0 Å². The molecule has 0 unspecified atom stereocenters. The van der Waals surface area contributed by atoms with Crippen molar-refractivity contribution in [1.82, 2.24) is 9.80 Å². The molecule has 0 spiro atoms. The molecule has 2 saturated heterocycles. The Kier molecular flexibility index (Phi) is 7.85. The molecule has 0 bridgehead atoms. The Labute approximate surface area is 199 Å². The van der Waals surface area contributed by atoms with Gasteiger partial charge in [0.2, 0.25) is 0 Å². The van der Waals surface area contributed by atoms with Crippen molar-refractivity contribution in [3.05, 3.63) is 70.8 Å². The lowest BCUT2D eigenvalue weighted by Gasteiger charge is -2.34. The van der Waals surface area contributed by atoms with Gasteiger partial charge in [-0.15, -0.1) is 0 Å². The molecule has 176 valence electrons. The van der Waals surface area contributed by atoms with E-state index in [0.29, 0.717) is 0 Å². The Morgan fingerprint density at radius 1 is 0.697 bits per heavy atom. The van der Waals surface area contributed by atoms with Gasteiger partial charge in [-0.1, -0.05) is 54.7 Å². The van der Waals surface area contributed by atoms with E-state index in [2.05, 4.69) is 0 Å². The summed E-state index contributed by atoms with van der Waals surface area (Å²) in [7, 11) is 0. The molecule has 2 aliphatic heterocycles. The molecular weight excluding hydrogens is 408 g/mol. The lowest BCUT2D eigenvalue weighted by Crippen LogP contribution is -2.39. The van der Waals surface area contributed by atoms with Crippen LogP contribution >= 0.6 is 0 Å². The van der Waals surface area contributed by atoms with Crippen LogP contribution in [0.4, 0.5) is 0 Å². The zero-order valence-electron chi connectivity index (χ0n) is 20.3. The van der Waals surface area contributed by atoms with Crippen LogP contribution in [0.15, 0.2) is 48.5 Å². The van der Waals surface area contributed by atoms with Crippen molar-refractivity contribution in [1.29, 1.82) is 0 Å². The second-order valence-electron chi connectivity index (χ2n) is 10.1. The van der Waals surface area contributed by atoms with Crippen molar-refractivity contribution in [3.8, 4) is 0 Å². The number of hydrogen-bond acceptors (Lipinski definition) is 2. The van der Waals surface area contributed by atoms with E-state index in [1.807, 2.05) is 72.2 Å². The van der Waals surface area contributed by atoms with Crippen LogP contribution < -0.4 is 0 Å². The van der Waals surface area contributed by atoms with Crippen LogP contribution in [0.25, 0.3) is 0 Å². The average Bonchev–Trinajstić information content (AvgIpc) is 2.84. The number of carbonyl (C=O) groups is 2. The fraction of sp³-hybridized carbons (Fsp3) is 0.517. The first-order chi connectivity index (χ1) is 16.0. The lowest BCUT2D eigenvalue weighted by molar-refractivity contribution is 0.0680. The minimum absolute atomic E-state index is 0.184. The van der Waals surface area contributed by atoms with Crippen LogP contribution in [-0.2, 0) is 0 Å². The molecule has 0 atom stereocenters. The van der Waals surface area contributed by atoms with Crippen LogP contribution in [-0.4, -0.2) is 47.8 Å². The lowest BCUT2D eigenvalue weighted by atomic mass is 9.86. The van der Waals surface area contributed by atoms with E-state index in [1.165, 1.54) is 19.3 Å². The molecule has 2 fully saturated rings. The minimum atomic E-state index is 0.184. The summed E-state index contributed by atoms with van der Waals surface area (Å²) in [6.45, 7) is 7.62. The topological polar surface area (TPSA) is 40.6 Å². The van der Waals surface area contributed by atoms with E-state index < -0.39 is 0 Å². The minimum Gasteiger partial charge on any atom is -0.339 e. The SMILES string of the molecule is Cc1cccc(C(=O)N2CCC(CCCC3CCN(C(=O)c4cccc(C)c4)CC3)CC2)c1. The molecule has 4 rings (SSSR count). The number of amides is 2. The average molecular weight is 447 g/mol. The third kappa shape index (κ3) is 6.25. The van der Waals surface area contributed by atoms with Crippen molar-refractivity contribution >= 4 is 11.8 Å². The van der Waals surface area contributed by atoms with Crippen molar-refractivity contribution in [2.45, 2.75) is 58.8 Å². The first-order valence-corrected chi connectivity index (χ1v) is 12.7. The number of hydrogen-bond donors (Lipinski definition) is 0. The molecule has 2 heterocycles. The van der Waals surface area contributed by atoms with Crippen molar-refractivity contribution < 1.29 is 9.59 Å². The molecule has 33 heavy (non-hydrogen) atoms. The predicted molar refractivity (Wildman–Crippen MR) is 133 cm³/mol. The van der Waals surface area contributed by atoms with Gasteiger partial charge >= 0.3 is 0 Å². The highest BCUT2D eigenvalue weighted by Gasteiger charge is 2.26. The molecule has 2 aromatic carbocycles. The van der Waals surface area contributed by atoms with Crippen LogP contribution in [0.2, 0.25) is 0 Å². The number of carbonyl (C=O) groups excluding carboxylic acids is 2. The number of piperidine rings is 2. The molecular formula is C29H38N2O2. The Morgan fingerprint density at radius 2 is 1.09 bits per heavy atom. The Morgan fingerprint density at radius 3 is 1.45 bits per heavy atom. The zero-order chi connectivity index (χ0) is 23.2. The first kappa shape index (κ1) is 23.5. The Hall–Kier alpha value is -2.62. The normalized spacial score (nSPS) is 17.9. The van der Waals surface area contributed by atoms with Crippen LogP contribution in [0.3, 0.4) is 0 Å². The van der Waals surface area contributed by atoms with Crippen LogP contribution in [0.1, 0.15) is 76.8 Å². The van der Waals surface area contributed by atoms with Gasteiger partial charge in [0, 0.05) is 37.3 Å². The summed E-state index contributed by atoms with van der Waals surface area (Å²) in [5.74, 6) is 1.86. The van der Waals surface area contributed by atoms with Crippen molar-refractivity contribution in [2.75, 3.05) is 26.2 Å². The second kappa shape index (κ2) is 11.0. The smallest absolute Gasteiger partial charge is 0.253 e. The predicted octanol–water partition coefficient (Wildman–Crippen LogP) is 5.88. The molecule has 2 aliphatic rings. The fourth-order valence-electron chi connectivity index (χ4n) is 5.47. The molecule has 0 N–H and O–H groups in total. The summed E-state index contributed by atoms with van der Waals surface area (Å²) in [4.78, 5) is 29.6. The highest BCUT2D eigenvalue weighted by Crippen LogP contribution is 2.28. The summed E-state index contributed by atoms with van der Waals surface area (Å²) >= 11 is 0.